The third kappa shape index (κ3) is 5.36. The van der Waals surface area contributed by atoms with Crippen LogP contribution in [0.3, 0.4) is 0 Å². The summed E-state index contributed by atoms with van der Waals surface area (Å²) in [7, 11) is 0. The minimum absolute atomic E-state index is 0.559. The molecule has 0 spiro atoms. The molecule has 1 aromatic rings. The van der Waals surface area contributed by atoms with Crippen molar-refractivity contribution in [3.63, 3.8) is 0 Å². The molecule has 0 bridgehead atoms. The first kappa shape index (κ1) is 13.5. The van der Waals surface area contributed by atoms with Crippen LogP contribution in [0.2, 0.25) is 0 Å². The number of hydrogen-bond donors (Lipinski definition) is 0. The van der Waals surface area contributed by atoms with Gasteiger partial charge in [0.1, 0.15) is 5.75 Å². The molecule has 0 N–H and O–H groups in total. The van der Waals surface area contributed by atoms with E-state index in [1.807, 2.05) is 30.3 Å². The van der Waals surface area contributed by atoms with Gasteiger partial charge >= 0.3 is 0 Å². The van der Waals surface area contributed by atoms with E-state index in [0.717, 1.165) is 24.2 Å². The molecule has 2 nitrogen and oxygen atoms in total. The van der Waals surface area contributed by atoms with E-state index < -0.39 is 0 Å². The molecule has 2 heteroatoms. The summed E-state index contributed by atoms with van der Waals surface area (Å²) in [6, 6.07) is 7.95. The first-order valence-corrected chi connectivity index (χ1v) is 5.88. The zero-order valence-electron chi connectivity index (χ0n) is 10.2. The first-order valence-electron chi connectivity index (χ1n) is 5.88. The molecule has 0 saturated heterocycles. The van der Waals surface area contributed by atoms with Crippen LogP contribution in [0, 0.1) is 0 Å². The number of allylic oxidation sites excluding steroid dienone is 1. The summed E-state index contributed by atoms with van der Waals surface area (Å²) >= 11 is 0. The zero-order valence-corrected chi connectivity index (χ0v) is 10.2. The average molecular weight is 232 g/mol. The third-order valence-electron chi connectivity index (χ3n) is 2.28. The lowest BCUT2D eigenvalue weighted by atomic mass is 10.2. The van der Waals surface area contributed by atoms with Gasteiger partial charge in [0.25, 0.3) is 0 Å². The fraction of sp³-hybridized carbons (Fsp3) is 0.333. The molecule has 1 rings (SSSR count). The Morgan fingerprint density at radius 3 is 2.71 bits per heavy atom. The van der Waals surface area contributed by atoms with Crippen molar-refractivity contribution in [3.8, 4) is 5.75 Å². The Balaban J connectivity index is 2.45. The quantitative estimate of drug-likeness (QED) is 0.477. The Bertz CT molecular complexity index is 345. The second-order valence-electron chi connectivity index (χ2n) is 3.69. The van der Waals surface area contributed by atoms with Gasteiger partial charge in [-0.1, -0.05) is 30.4 Å². The topological polar surface area (TPSA) is 18.5 Å². The lowest BCUT2D eigenvalue weighted by Gasteiger charge is -2.10. The summed E-state index contributed by atoms with van der Waals surface area (Å²) < 4.78 is 11.1. The van der Waals surface area contributed by atoms with Gasteiger partial charge in [0.2, 0.25) is 0 Å². The average Bonchev–Trinajstić information content (AvgIpc) is 2.36. The van der Waals surface area contributed by atoms with Gasteiger partial charge in [-0.2, -0.15) is 0 Å². The molecule has 0 aliphatic rings. The van der Waals surface area contributed by atoms with E-state index in [1.165, 1.54) is 0 Å². The van der Waals surface area contributed by atoms with Crippen LogP contribution >= 0.6 is 0 Å². The van der Waals surface area contributed by atoms with Crippen LogP contribution < -0.4 is 4.74 Å². The lowest BCUT2D eigenvalue weighted by molar-refractivity contribution is 0.145. The highest BCUT2D eigenvalue weighted by molar-refractivity contribution is 5.32. The van der Waals surface area contributed by atoms with E-state index in [1.54, 1.807) is 6.08 Å². The first-order chi connectivity index (χ1) is 8.38. The van der Waals surface area contributed by atoms with Crippen LogP contribution in [0.15, 0.2) is 49.6 Å². The Labute approximate surface area is 104 Å². The maximum absolute atomic E-state index is 5.72. The highest BCUT2D eigenvalue weighted by Gasteiger charge is 2.02. The summed E-state index contributed by atoms with van der Waals surface area (Å²) in [5.74, 6) is 0.903. The van der Waals surface area contributed by atoms with Gasteiger partial charge in [-0.05, 0) is 18.9 Å². The van der Waals surface area contributed by atoms with Crippen LogP contribution in [0.25, 0.3) is 0 Å². The summed E-state index contributed by atoms with van der Waals surface area (Å²) in [6.07, 6.45) is 5.62. The Kier molecular flexibility index (Phi) is 6.84. The second-order valence-corrected chi connectivity index (χ2v) is 3.69. The SMILES string of the molecule is C=CCCCOc1ccccc1COCC=C. The fourth-order valence-corrected chi connectivity index (χ4v) is 1.43. The molecule has 1 aromatic carbocycles. The molecule has 0 fully saturated rings. The number of para-hydroxylation sites is 1. The van der Waals surface area contributed by atoms with E-state index in [-0.39, 0.29) is 0 Å². The fourth-order valence-electron chi connectivity index (χ4n) is 1.43. The molecule has 0 saturated carbocycles. The van der Waals surface area contributed by atoms with Crippen molar-refractivity contribution in [1.82, 2.24) is 0 Å². The van der Waals surface area contributed by atoms with Crippen LogP contribution in [0.5, 0.6) is 5.75 Å². The molecular weight excluding hydrogens is 212 g/mol. The van der Waals surface area contributed by atoms with Crippen LogP contribution in [0.1, 0.15) is 18.4 Å². The Morgan fingerprint density at radius 1 is 1.12 bits per heavy atom. The Hall–Kier alpha value is -1.54. The van der Waals surface area contributed by atoms with Crippen molar-refractivity contribution in [2.75, 3.05) is 13.2 Å². The third-order valence-corrected chi connectivity index (χ3v) is 2.28. The van der Waals surface area contributed by atoms with Gasteiger partial charge in [0, 0.05) is 5.56 Å². The van der Waals surface area contributed by atoms with E-state index >= 15 is 0 Å². The van der Waals surface area contributed by atoms with Crippen molar-refractivity contribution < 1.29 is 9.47 Å². The van der Waals surface area contributed by atoms with E-state index in [4.69, 9.17) is 9.47 Å². The largest absolute Gasteiger partial charge is 0.493 e. The van der Waals surface area contributed by atoms with E-state index in [0.29, 0.717) is 19.8 Å². The number of hydrogen-bond acceptors (Lipinski definition) is 2. The van der Waals surface area contributed by atoms with Crippen molar-refractivity contribution in [2.45, 2.75) is 19.4 Å². The molecule has 17 heavy (non-hydrogen) atoms. The molecule has 0 amide bonds. The minimum Gasteiger partial charge on any atom is -0.493 e. The van der Waals surface area contributed by atoms with Crippen molar-refractivity contribution >= 4 is 0 Å². The van der Waals surface area contributed by atoms with Crippen LogP contribution in [-0.2, 0) is 11.3 Å². The Morgan fingerprint density at radius 2 is 1.94 bits per heavy atom. The number of rotatable bonds is 9. The maximum atomic E-state index is 5.72. The van der Waals surface area contributed by atoms with E-state index in [9.17, 15) is 0 Å². The van der Waals surface area contributed by atoms with Gasteiger partial charge in [-0.25, -0.2) is 0 Å². The standard InChI is InChI=1S/C15H20O2/c1-3-5-8-12-17-15-10-7-6-9-14(15)13-16-11-4-2/h3-4,6-7,9-10H,1-2,5,8,11-13H2. The molecule has 92 valence electrons. The number of benzene rings is 1. The monoisotopic (exact) mass is 232 g/mol. The van der Waals surface area contributed by atoms with E-state index in [2.05, 4.69) is 13.2 Å². The second kappa shape index (κ2) is 8.59. The van der Waals surface area contributed by atoms with Crippen molar-refractivity contribution in [3.05, 3.63) is 55.1 Å². The molecule has 0 aliphatic heterocycles. The molecule has 0 heterocycles. The molecule has 0 aliphatic carbocycles. The van der Waals surface area contributed by atoms with Crippen molar-refractivity contribution in [1.29, 1.82) is 0 Å². The lowest BCUT2D eigenvalue weighted by Crippen LogP contribution is -2.01. The zero-order chi connectivity index (χ0) is 12.3. The minimum atomic E-state index is 0.559. The predicted molar refractivity (Wildman–Crippen MR) is 71.2 cm³/mol. The molecule has 0 aromatic heterocycles. The molecular formula is C15H20O2. The van der Waals surface area contributed by atoms with Gasteiger partial charge in [0.05, 0.1) is 19.8 Å². The number of unbranched alkanes of at least 4 members (excludes halogenated alkanes) is 1. The number of ether oxygens (including phenoxy) is 2. The van der Waals surface area contributed by atoms with Crippen molar-refractivity contribution in [2.24, 2.45) is 0 Å². The van der Waals surface area contributed by atoms with Gasteiger partial charge in [-0.3, -0.25) is 0 Å². The molecule has 0 unspecified atom stereocenters. The summed E-state index contributed by atoms with van der Waals surface area (Å²) in [5, 5.41) is 0. The normalized spacial score (nSPS) is 9.88. The summed E-state index contributed by atoms with van der Waals surface area (Å²) in [5.41, 5.74) is 1.08. The molecule has 0 radical (unpaired) electrons. The molecule has 0 atom stereocenters. The van der Waals surface area contributed by atoms with Crippen LogP contribution in [-0.4, -0.2) is 13.2 Å². The summed E-state index contributed by atoms with van der Waals surface area (Å²) in [4.78, 5) is 0. The summed E-state index contributed by atoms with van der Waals surface area (Å²) in [6.45, 7) is 9.14. The highest BCUT2D eigenvalue weighted by atomic mass is 16.5. The van der Waals surface area contributed by atoms with Gasteiger partial charge in [0.15, 0.2) is 0 Å². The van der Waals surface area contributed by atoms with Gasteiger partial charge < -0.3 is 9.47 Å². The maximum Gasteiger partial charge on any atom is 0.124 e. The smallest absolute Gasteiger partial charge is 0.124 e. The van der Waals surface area contributed by atoms with Crippen LogP contribution in [0.4, 0.5) is 0 Å². The van der Waals surface area contributed by atoms with Gasteiger partial charge in [-0.15, -0.1) is 13.2 Å². The predicted octanol–water partition coefficient (Wildman–Crippen LogP) is 3.73. The highest BCUT2D eigenvalue weighted by Crippen LogP contribution is 2.19.